The minimum atomic E-state index is 0.234. The van der Waals surface area contributed by atoms with Crippen LogP contribution in [0.1, 0.15) is 25.5 Å². The highest BCUT2D eigenvalue weighted by Gasteiger charge is 2.05. The molecule has 86 valence electrons. The van der Waals surface area contributed by atoms with Gasteiger partial charge in [0.2, 0.25) is 5.88 Å². The van der Waals surface area contributed by atoms with Gasteiger partial charge in [-0.2, -0.15) is 5.26 Å². The van der Waals surface area contributed by atoms with E-state index in [0.29, 0.717) is 18.8 Å². The zero-order valence-electron chi connectivity index (χ0n) is 9.73. The first-order chi connectivity index (χ1) is 7.80. The Morgan fingerprint density at radius 1 is 1.56 bits per heavy atom. The molecular formula is C12H17N3O. The molecule has 0 radical (unpaired) electrons. The lowest BCUT2D eigenvalue weighted by Crippen LogP contribution is -2.27. The van der Waals surface area contributed by atoms with Crippen LogP contribution >= 0.6 is 0 Å². The molecular weight excluding hydrogens is 202 g/mol. The minimum absolute atomic E-state index is 0.234. The lowest BCUT2D eigenvalue weighted by molar-refractivity contribution is 0.394. The summed E-state index contributed by atoms with van der Waals surface area (Å²) < 4.78 is 5.04. The van der Waals surface area contributed by atoms with E-state index in [1.807, 2.05) is 18.2 Å². The highest BCUT2D eigenvalue weighted by Crippen LogP contribution is 2.07. The monoisotopic (exact) mass is 219 g/mol. The van der Waals surface area contributed by atoms with E-state index in [2.05, 4.69) is 23.3 Å². The highest BCUT2D eigenvalue weighted by atomic mass is 16.5. The van der Waals surface area contributed by atoms with Crippen molar-refractivity contribution in [2.75, 3.05) is 7.11 Å². The number of methoxy groups -OCH3 is 1. The number of pyridine rings is 1. The lowest BCUT2D eigenvalue weighted by Gasteiger charge is -2.13. The smallest absolute Gasteiger partial charge is 0.213 e. The average molecular weight is 219 g/mol. The molecule has 4 heteroatoms. The number of nitrogens with one attached hydrogen (secondary N) is 1. The summed E-state index contributed by atoms with van der Waals surface area (Å²) >= 11 is 0. The van der Waals surface area contributed by atoms with E-state index < -0.39 is 0 Å². The first kappa shape index (κ1) is 12.5. The van der Waals surface area contributed by atoms with E-state index in [0.717, 1.165) is 12.1 Å². The molecule has 1 heterocycles. The molecule has 0 aliphatic rings. The third kappa shape index (κ3) is 3.87. The van der Waals surface area contributed by atoms with Crippen LogP contribution in [-0.2, 0) is 6.54 Å². The third-order valence-electron chi connectivity index (χ3n) is 2.39. The Morgan fingerprint density at radius 2 is 2.38 bits per heavy atom. The molecule has 0 spiro atoms. The molecule has 1 aromatic heterocycles. The predicted molar refractivity (Wildman–Crippen MR) is 61.9 cm³/mol. The zero-order valence-corrected chi connectivity index (χ0v) is 9.73. The van der Waals surface area contributed by atoms with Crippen molar-refractivity contribution in [2.45, 2.75) is 32.4 Å². The summed E-state index contributed by atoms with van der Waals surface area (Å²) in [7, 11) is 1.60. The number of rotatable bonds is 6. The Bertz CT molecular complexity index is 360. The standard InChI is InChI=1S/C12H17N3O/c1-3-10(7-8-13)14-9-11-5-4-6-12(15-11)16-2/h4-6,10,14H,3,7,9H2,1-2H3. The van der Waals surface area contributed by atoms with Gasteiger partial charge in [0.05, 0.1) is 25.3 Å². The number of ether oxygens (including phenoxy) is 1. The van der Waals surface area contributed by atoms with Crippen molar-refractivity contribution < 1.29 is 4.74 Å². The summed E-state index contributed by atoms with van der Waals surface area (Å²) in [6.07, 6.45) is 1.47. The first-order valence-electron chi connectivity index (χ1n) is 5.40. The van der Waals surface area contributed by atoms with E-state index in [9.17, 15) is 0 Å². The molecule has 4 nitrogen and oxygen atoms in total. The van der Waals surface area contributed by atoms with E-state index in [4.69, 9.17) is 10.00 Å². The van der Waals surface area contributed by atoms with Crippen molar-refractivity contribution in [1.82, 2.24) is 10.3 Å². The molecule has 0 saturated heterocycles. The Hall–Kier alpha value is -1.60. The second-order valence-electron chi connectivity index (χ2n) is 3.52. The molecule has 0 saturated carbocycles. The van der Waals surface area contributed by atoms with Gasteiger partial charge < -0.3 is 10.1 Å². The summed E-state index contributed by atoms with van der Waals surface area (Å²) in [5, 5.41) is 11.9. The van der Waals surface area contributed by atoms with Crippen LogP contribution in [-0.4, -0.2) is 18.1 Å². The molecule has 0 fully saturated rings. The van der Waals surface area contributed by atoms with Gasteiger partial charge >= 0.3 is 0 Å². The Morgan fingerprint density at radius 3 is 3.00 bits per heavy atom. The molecule has 0 aliphatic heterocycles. The van der Waals surface area contributed by atoms with Gasteiger partial charge in [-0.15, -0.1) is 0 Å². The highest BCUT2D eigenvalue weighted by molar-refractivity contribution is 5.15. The second kappa shape index (κ2) is 6.81. The maximum atomic E-state index is 8.62. The number of hydrogen-bond acceptors (Lipinski definition) is 4. The SMILES string of the molecule is CCC(CC#N)NCc1cccc(OC)n1. The van der Waals surface area contributed by atoms with Gasteiger partial charge in [-0.3, -0.25) is 0 Å². The van der Waals surface area contributed by atoms with Gasteiger partial charge in [-0.05, 0) is 12.5 Å². The second-order valence-corrected chi connectivity index (χ2v) is 3.52. The molecule has 1 N–H and O–H groups in total. The maximum absolute atomic E-state index is 8.62. The Kier molecular flexibility index (Phi) is 5.30. The van der Waals surface area contributed by atoms with E-state index in [-0.39, 0.29) is 6.04 Å². The summed E-state index contributed by atoms with van der Waals surface area (Å²) in [5.74, 6) is 0.618. The van der Waals surface area contributed by atoms with E-state index in [1.165, 1.54) is 0 Å². The van der Waals surface area contributed by atoms with Gasteiger partial charge in [0, 0.05) is 18.7 Å². The van der Waals surface area contributed by atoms with Crippen LogP contribution in [0.5, 0.6) is 5.88 Å². The van der Waals surface area contributed by atoms with Crippen molar-refractivity contribution in [3.8, 4) is 11.9 Å². The Balaban J connectivity index is 2.50. The first-order valence-corrected chi connectivity index (χ1v) is 5.40. The molecule has 0 aromatic carbocycles. The number of nitriles is 1. The van der Waals surface area contributed by atoms with Crippen LogP contribution in [0.25, 0.3) is 0 Å². The van der Waals surface area contributed by atoms with Crippen molar-refractivity contribution in [1.29, 1.82) is 5.26 Å². The largest absolute Gasteiger partial charge is 0.481 e. The molecule has 0 amide bonds. The molecule has 1 unspecified atom stereocenters. The van der Waals surface area contributed by atoms with Crippen LogP contribution < -0.4 is 10.1 Å². The van der Waals surface area contributed by atoms with Crippen molar-refractivity contribution in [2.24, 2.45) is 0 Å². The number of aromatic nitrogens is 1. The quantitative estimate of drug-likeness (QED) is 0.793. The van der Waals surface area contributed by atoms with Crippen LogP contribution in [0.15, 0.2) is 18.2 Å². The normalized spacial score (nSPS) is 11.8. The van der Waals surface area contributed by atoms with Crippen molar-refractivity contribution >= 4 is 0 Å². The number of hydrogen-bond donors (Lipinski definition) is 1. The maximum Gasteiger partial charge on any atom is 0.213 e. The van der Waals surface area contributed by atoms with Gasteiger partial charge in [0.25, 0.3) is 0 Å². The van der Waals surface area contributed by atoms with Gasteiger partial charge in [0.15, 0.2) is 0 Å². The predicted octanol–water partition coefficient (Wildman–Crippen LogP) is 1.87. The minimum Gasteiger partial charge on any atom is -0.481 e. The fraction of sp³-hybridized carbons (Fsp3) is 0.500. The third-order valence-corrected chi connectivity index (χ3v) is 2.39. The summed E-state index contributed by atoms with van der Waals surface area (Å²) in [6, 6.07) is 8.07. The molecule has 1 aromatic rings. The van der Waals surface area contributed by atoms with Gasteiger partial charge in [-0.1, -0.05) is 13.0 Å². The van der Waals surface area contributed by atoms with Crippen molar-refractivity contribution in [3.63, 3.8) is 0 Å². The average Bonchev–Trinajstić information content (AvgIpc) is 2.34. The number of nitrogens with zero attached hydrogens (tertiary/aromatic N) is 2. The topological polar surface area (TPSA) is 57.9 Å². The molecule has 16 heavy (non-hydrogen) atoms. The van der Waals surface area contributed by atoms with Crippen molar-refractivity contribution in [3.05, 3.63) is 23.9 Å². The van der Waals surface area contributed by atoms with Crippen LogP contribution in [0.3, 0.4) is 0 Å². The molecule has 1 atom stereocenters. The van der Waals surface area contributed by atoms with Crippen LogP contribution in [0.4, 0.5) is 0 Å². The molecule has 0 bridgehead atoms. The van der Waals surface area contributed by atoms with E-state index in [1.54, 1.807) is 7.11 Å². The van der Waals surface area contributed by atoms with Gasteiger partial charge in [-0.25, -0.2) is 4.98 Å². The molecule has 0 aliphatic carbocycles. The Labute approximate surface area is 96.3 Å². The fourth-order valence-corrected chi connectivity index (χ4v) is 1.39. The van der Waals surface area contributed by atoms with Crippen LogP contribution in [0, 0.1) is 11.3 Å². The van der Waals surface area contributed by atoms with E-state index >= 15 is 0 Å². The van der Waals surface area contributed by atoms with Crippen LogP contribution in [0.2, 0.25) is 0 Å². The lowest BCUT2D eigenvalue weighted by atomic mass is 10.1. The fourth-order valence-electron chi connectivity index (χ4n) is 1.39. The summed E-state index contributed by atoms with van der Waals surface area (Å²) in [4.78, 5) is 4.29. The summed E-state index contributed by atoms with van der Waals surface area (Å²) in [5.41, 5.74) is 0.927. The molecule has 1 rings (SSSR count). The van der Waals surface area contributed by atoms with Gasteiger partial charge in [0.1, 0.15) is 0 Å². The zero-order chi connectivity index (χ0) is 11.8. The summed E-state index contributed by atoms with van der Waals surface area (Å²) in [6.45, 7) is 2.73.